The highest BCUT2D eigenvalue weighted by atomic mass is 16.5. The summed E-state index contributed by atoms with van der Waals surface area (Å²) in [5.41, 5.74) is 14.8. The monoisotopic (exact) mass is 801 g/mol. The minimum absolute atomic E-state index is 0.607. The highest BCUT2D eigenvalue weighted by Crippen LogP contribution is 2.64. The Labute approximate surface area is 366 Å². The van der Waals surface area contributed by atoms with Crippen LogP contribution in [0.5, 0.6) is 11.5 Å². The second-order valence-corrected chi connectivity index (χ2v) is 16.7. The number of hydrogen-bond donors (Lipinski definition) is 0. The Hall–Kier alpha value is -8.20. The summed E-state index contributed by atoms with van der Waals surface area (Å²) >= 11 is 0. The normalized spacial score (nSPS) is 13.0. The number of fused-ring (bicyclic) bond motifs is 14. The standard InChI is InChI=1S/C61H39NO/c1-2-17-40(18-3-1)45-24-11-14-30-56(45)62(58-32-16-22-41-19-4-7-23-46(41)58)57-31-15-12-25-47(57)44-35-36-53-51(39-44)50-28-10-13-29-52(50)61(53)54-37-33-42-20-5-8-26-48(42)59(54)63-60-49-27-9-6-21-43(49)34-38-55(60)61/h1-39H. The third kappa shape index (κ3) is 5.19. The third-order valence-electron chi connectivity index (χ3n) is 13.5. The predicted octanol–water partition coefficient (Wildman–Crippen LogP) is 16.4. The van der Waals surface area contributed by atoms with Crippen molar-refractivity contribution in [1.29, 1.82) is 0 Å². The van der Waals surface area contributed by atoms with Crippen molar-refractivity contribution >= 4 is 49.4 Å². The van der Waals surface area contributed by atoms with E-state index in [0.717, 1.165) is 61.2 Å². The lowest BCUT2D eigenvalue weighted by atomic mass is 9.65. The number of anilines is 3. The largest absolute Gasteiger partial charge is 0.455 e. The Kier molecular flexibility index (Phi) is 7.85. The summed E-state index contributed by atoms with van der Waals surface area (Å²) in [5, 5.41) is 6.96. The fourth-order valence-electron chi connectivity index (χ4n) is 10.8. The van der Waals surface area contributed by atoms with Crippen molar-refractivity contribution in [2.24, 2.45) is 0 Å². The first-order valence-electron chi connectivity index (χ1n) is 21.8. The summed E-state index contributed by atoms with van der Waals surface area (Å²) in [6.07, 6.45) is 0. The molecule has 0 fully saturated rings. The van der Waals surface area contributed by atoms with Gasteiger partial charge in [-0.15, -0.1) is 0 Å². The van der Waals surface area contributed by atoms with Crippen LogP contribution >= 0.6 is 0 Å². The molecule has 1 spiro atoms. The van der Waals surface area contributed by atoms with Gasteiger partial charge in [-0.2, -0.15) is 0 Å². The van der Waals surface area contributed by atoms with E-state index in [-0.39, 0.29) is 0 Å². The van der Waals surface area contributed by atoms with Crippen LogP contribution in [-0.2, 0) is 5.41 Å². The van der Waals surface area contributed by atoms with Gasteiger partial charge in [-0.05, 0) is 73.8 Å². The smallest absolute Gasteiger partial charge is 0.140 e. The van der Waals surface area contributed by atoms with E-state index in [1.165, 1.54) is 55.3 Å². The number of nitrogens with zero attached hydrogens (tertiary/aromatic N) is 1. The molecule has 11 aromatic rings. The van der Waals surface area contributed by atoms with Gasteiger partial charge in [0.25, 0.3) is 0 Å². The van der Waals surface area contributed by atoms with Crippen molar-refractivity contribution in [3.63, 3.8) is 0 Å². The van der Waals surface area contributed by atoms with Gasteiger partial charge < -0.3 is 9.64 Å². The van der Waals surface area contributed by atoms with Crippen molar-refractivity contribution in [3.8, 4) is 44.9 Å². The molecular formula is C61H39NO. The molecule has 0 aromatic heterocycles. The molecule has 0 atom stereocenters. The maximum absolute atomic E-state index is 7.21. The van der Waals surface area contributed by atoms with E-state index in [1.54, 1.807) is 0 Å². The summed E-state index contributed by atoms with van der Waals surface area (Å²) in [5.74, 6) is 1.86. The second kappa shape index (κ2) is 13.9. The van der Waals surface area contributed by atoms with Crippen LogP contribution in [0.1, 0.15) is 22.3 Å². The molecule has 1 aliphatic carbocycles. The fraction of sp³-hybridized carbons (Fsp3) is 0.0164. The molecule has 1 aliphatic heterocycles. The van der Waals surface area contributed by atoms with Gasteiger partial charge in [0.15, 0.2) is 0 Å². The molecule has 2 aliphatic rings. The Bertz CT molecular complexity index is 3530. The van der Waals surface area contributed by atoms with Gasteiger partial charge in [0, 0.05) is 38.4 Å². The average Bonchev–Trinajstić information content (AvgIpc) is 3.64. The first kappa shape index (κ1) is 35.5. The minimum atomic E-state index is -0.607. The van der Waals surface area contributed by atoms with Crippen molar-refractivity contribution < 1.29 is 4.74 Å². The van der Waals surface area contributed by atoms with Gasteiger partial charge in [-0.3, -0.25) is 0 Å². The topological polar surface area (TPSA) is 12.5 Å². The predicted molar refractivity (Wildman–Crippen MR) is 262 cm³/mol. The van der Waals surface area contributed by atoms with Gasteiger partial charge in [0.05, 0.1) is 22.5 Å². The number of benzene rings is 11. The Morgan fingerprint density at radius 1 is 0.286 bits per heavy atom. The highest BCUT2D eigenvalue weighted by molar-refractivity contribution is 6.04. The molecule has 1 heterocycles. The van der Waals surface area contributed by atoms with E-state index in [1.807, 2.05) is 0 Å². The number of hydrogen-bond acceptors (Lipinski definition) is 2. The first-order chi connectivity index (χ1) is 31.3. The zero-order valence-electron chi connectivity index (χ0n) is 34.4. The summed E-state index contributed by atoms with van der Waals surface area (Å²) in [7, 11) is 0. The summed E-state index contributed by atoms with van der Waals surface area (Å²) in [6, 6.07) is 86.5. The summed E-state index contributed by atoms with van der Waals surface area (Å²) in [6.45, 7) is 0. The number of rotatable bonds is 5. The lowest BCUT2D eigenvalue weighted by molar-refractivity contribution is 0.447. The zero-order chi connectivity index (χ0) is 41.5. The van der Waals surface area contributed by atoms with Crippen molar-refractivity contribution in [2.45, 2.75) is 5.41 Å². The fourth-order valence-corrected chi connectivity index (χ4v) is 10.8. The minimum Gasteiger partial charge on any atom is -0.455 e. The van der Waals surface area contributed by atoms with Crippen LogP contribution in [0.4, 0.5) is 17.1 Å². The van der Waals surface area contributed by atoms with Crippen LogP contribution in [0.3, 0.4) is 0 Å². The molecule has 0 N–H and O–H groups in total. The van der Waals surface area contributed by atoms with Crippen LogP contribution in [0.2, 0.25) is 0 Å². The van der Waals surface area contributed by atoms with Crippen LogP contribution in [0.15, 0.2) is 237 Å². The molecule has 2 heteroatoms. The lowest BCUT2D eigenvalue weighted by Crippen LogP contribution is -2.32. The van der Waals surface area contributed by atoms with Crippen LogP contribution in [0.25, 0.3) is 65.7 Å². The Morgan fingerprint density at radius 3 is 1.41 bits per heavy atom. The number of ether oxygens (including phenoxy) is 1. The van der Waals surface area contributed by atoms with E-state index in [4.69, 9.17) is 4.74 Å². The number of para-hydroxylation sites is 2. The van der Waals surface area contributed by atoms with Crippen molar-refractivity contribution in [3.05, 3.63) is 259 Å². The molecule has 0 radical (unpaired) electrons. The maximum atomic E-state index is 7.21. The maximum Gasteiger partial charge on any atom is 0.140 e. The van der Waals surface area contributed by atoms with E-state index in [2.05, 4.69) is 241 Å². The van der Waals surface area contributed by atoms with Crippen molar-refractivity contribution in [1.82, 2.24) is 0 Å². The van der Waals surface area contributed by atoms with E-state index in [0.29, 0.717) is 0 Å². The lowest BCUT2D eigenvalue weighted by Gasteiger charge is -2.40. The second-order valence-electron chi connectivity index (χ2n) is 16.7. The van der Waals surface area contributed by atoms with E-state index in [9.17, 15) is 0 Å². The first-order valence-corrected chi connectivity index (χ1v) is 21.8. The Balaban J connectivity index is 1.08. The molecule has 0 saturated carbocycles. The SMILES string of the molecule is c1ccc(-c2ccccc2N(c2ccccc2-c2ccc3c(c2)-c2ccccc2C32c3ccc4ccccc4c3Oc3c2ccc2ccccc32)c2cccc3ccccc23)cc1. The van der Waals surface area contributed by atoms with Gasteiger partial charge in [0.2, 0.25) is 0 Å². The quantitative estimate of drug-likeness (QED) is 0.172. The zero-order valence-corrected chi connectivity index (χ0v) is 34.4. The van der Waals surface area contributed by atoms with Crippen LogP contribution < -0.4 is 9.64 Å². The van der Waals surface area contributed by atoms with Crippen LogP contribution in [-0.4, -0.2) is 0 Å². The van der Waals surface area contributed by atoms with Gasteiger partial charge in [-0.25, -0.2) is 0 Å². The molecule has 0 amide bonds. The highest BCUT2D eigenvalue weighted by Gasteiger charge is 2.52. The molecule has 2 nitrogen and oxygen atoms in total. The van der Waals surface area contributed by atoms with Gasteiger partial charge >= 0.3 is 0 Å². The molecule has 11 aromatic carbocycles. The van der Waals surface area contributed by atoms with Crippen LogP contribution in [0, 0.1) is 0 Å². The van der Waals surface area contributed by atoms with Gasteiger partial charge in [0.1, 0.15) is 11.5 Å². The third-order valence-corrected chi connectivity index (χ3v) is 13.5. The van der Waals surface area contributed by atoms with E-state index >= 15 is 0 Å². The molecular weight excluding hydrogens is 763 g/mol. The molecule has 0 bridgehead atoms. The van der Waals surface area contributed by atoms with E-state index < -0.39 is 5.41 Å². The molecule has 0 unspecified atom stereocenters. The Morgan fingerprint density at radius 2 is 0.746 bits per heavy atom. The summed E-state index contributed by atoms with van der Waals surface area (Å²) < 4.78 is 7.21. The summed E-state index contributed by atoms with van der Waals surface area (Å²) in [4.78, 5) is 2.48. The average molecular weight is 802 g/mol. The molecule has 0 saturated heterocycles. The molecule has 63 heavy (non-hydrogen) atoms. The van der Waals surface area contributed by atoms with Crippen molar-refractivity contribution in [2.75, 3.05) is 4.90 Å². The van der Waals surface area contributed by atoms with Gasteiger partial charge in [-0.1, -0.05) is 212 Å². The molecule has 13 rings (SSSR count). The molecule has 294 valence electrons.